The van der Waals surface area contributed by atoms with Crippen LogP contribution >= 0.6 is 0 Å². The van der Waals surface area contributed by atoms with Crippen molar-refractivity contribution in [3.63, 3.8) is 0 Å². The molecule has 3 rings (SSSR count). The van der Waals surface area contributed by atoms with E-state index in [4.69, 9.17) is 5.73 Å². The van der Waals surface area contributed by atoms with E-state index in [1.807, 2.05) is 13.1 Å². The molecule has 100 valence electrons. The lowest BCUT2D eigenvalue weighted by Gasteiger charge is -2.25. The van der Waals surface area contributed by atoms with E-state index in [-0.39, 0.29) is 0 Å². The lowest BCUT2D eigenvalue weighted by Crippen LogP contribution is -2.27. The zero-order valence-corrected chi connectivity index (χ0v) is 11.4. The van der Waals surface area contributed by atoms with Crippen LogP contribution in [-0.4, -0.2) is 25.7 Å². The van der Waals surface area contributed by atoms with Crippen LogP contribution in [0.15, 0.2) is 18.2 Å². The third kappa shape index (κ3) is 2.29. The third-order valence-corrected chi connectivity index (χ3v) is 4.28. The molecular weight excluding hydrogens is 234 g/mol. The lowest BCUT2D eigenvalue weighted by atomic mass is 10.0. The van der Waals surface area contributed by atoms with Crippen molar-refractivity contribution in [2.75, 3.05) is 24.2 Å². The largest absolute Gasteiger partial charge is 0.398 e. The molecule has 2 heterocycles. The summed E-state index contributed by atoms with van der Waals surface area (Å²) in [6, 6.07) is 7.79. The number of nitrogens with zero attached hydrogens (tertiary/aromatic N) is 1. The summed E-state index contributed by atoms with van der Waals surface area (Å²) < 4.78 is 0. The van der Waals surface area contributed by atoms with Crippen LogP contribution in [0.1, 0.15) is 31.2 Å². The van der Waals surface area contributed by atoms with E-state index in [0.717, 1.165) is 23.3 Å². The van der Waals surface area contributed by atoms with Gasteiger partial charge in [-0.15, -0.1) is 0 Å². The van der Waals surface area contributed by atoms with Crippen molar-refractivity contribution in [2.24, 2.45) is 0 Å². The van der Waals surface area contributed by atoms with Crippen molar-refractivity contribution < 1.29 is 0 Å². The number of benzene rings is 1. The highest BCUT2D eigenvalue weighted by Crippen LogP contribution is 2.41. The number of hydrogen-bond acceptors (Lipinski definition) is 3. The molecule has 3 nitrogen and oxygen atoms in total. The summed E-state index contributed by atoms with van der Waals surface area (Å²) in [6.07, 6.45) is 5.37. The minimum atomic E-state index is 0.693. The van der Waals surface area contributed by atoms with Gasteiger partial charge in [0.1, 0.15) is 0 Å². The third-order valence-electron chi connectivity index (χ3n) is 4.28. The van der Waals surface area contributed by atoms with E-state index >= 15 is 0 Å². The molecule has 0 amide bonds. The van der Waals surface area contributed by atoms with E-state index in [0.29, 0.717) is 6.54 Å². The van der Waals surface area contributed by atoms with Gasteiger partial charge in [-0.1, -0.05) is 11.8 Å². The predicted molar refractivity (Wildman–Crippen MR) is 80.2 cm³/mol. The normalized spacial score (nSPS) is 24.4. The second-order valence-electron chi connectivity index (χ2n) is 5.47. The van der Waals surface area contributed by atoms with Crippen molar-refractivity contribution in [2.45, 2.75) is 37.8 Å². The molecule has 0 aliphatic carbocycles. The van der Waals surface area contributed by atoms with E-state index in [1.54, 1.807) is 0 Å². The van der Waals surface area contributed by atoms with E-state index < -0.39 is 0 Å². The standard InChI is InChI=1S/C16H21N3/c1-18-10-2-3-12-11-15(8-9-16(12)17)19-13-4-5-14(19)7-6-13/h8-9,11,13-14,18H,4-7,10,17H2,1H3. The van der Waals surface area contributed by atoms with Crippen molar-refractivity contribution in [3.8, 4) is 11.8 Å². The van der Waals surface area contributed by atoms with Crippen molar-refractivity contribution in [3.05, 3.63) is 23.8 Å². The zero-order chi connectivity index (χ0) is 13.2. The molecule has 0 unspecified atom stereocenters. The Kier molecular flexibility index (Phi) is 3.35. The molecule has 2 aliphatic rings. The van der Waals surface area contributed by atoms with Crippen LogP contribution in [-0.2, 0) is 0 Å². The molecule has 0 aromatic heterocycles. The first kappa shape index (κ1) is 12.4. The second-order valence-corrected chi connectivity index (χ2v) is 5.47. The van der Waals surface area contributed by atoms with Gasteiger partial charge in [-0.05, 0) is 50.9 Å². The zero-order valence-electron chi connectivity index (χ0n) is 11.4. The Bertz CT molecular complexity index is 507. The molecule has 19 heavy (non-hydrogen) atoms. The number of nitrogen functional groups attached to an aromatic ring is 1. The number of fused-ring (bicyclic) bond motifs is 2. The molecule has 2 saturated heterocycles. The summed E-state index contributed by atoms with van der Waals surface area (Å²) in [5, 5.41) is 3.03. The monoisotopic (exact) mass is 255 g/mol. The topological polar surface area (TPSA) is 41.3 Å². The first-order valence-electron chi connectivity index (χ1n) is 7.11. The average Bonchev–Trinajstić information content (AvgIpc) is 3.01. The van der Waals surface area contributed by atoms with Gasteiger partial charge in [0, 0.05) is 29.0 Å². The lowest BCUT2D eigenvalue weighted by molar-refractivity contribution is 0.576. The molecule has 1 aromatic rings. The molecule has 2 aliphatic heterocycles. The summed E-state index contributed by atoms with van der Waals surface area (Å²) in [4.78, 5) is 2.59. The molecule has 0 spiro atoms. The Morgan fingerprint density at radius 3 is 2.58 bits per heavy atom. The maximum Gasteiger partial charge on any atom is 0.0577 e. The van der Waals surface area contributed by atoms with Gasteiger partial charge < -0.3 is 16.0 Å². The first-order chi connectivity index (χ1) is 9.29. The number of anilines is 2. The summed E-state index contributed by atoms with van der Waals surface area (Å²) in [6.45, 7) is 0.693. The molecule has 3 heteroatoms. The van der Waals surface area contributed by atoms with Gasteiger partial charge in [-0.3, -0.25) is 0 Å². The van der Waals surface area contributed by atoms with Gasteiger partial charge in [-0.2, -0.15) is 0 Å². The van der Waals surface area contributed by atoms with E-state index in [9.17, 15) is 0 Å². The van der Waals surface area contributed by atoms with Gasteiger partial charge in [0.25, 0.3) is 0 Å². The van der Waals surface area contributed by atoms with Crippen molar-refractivity contribution in [1.82, 2.24) is 5.32 Å². The summed E-state index contributed by atoms with van der Waals surface area (Å²) >= 11 is 0. The maximum atomic E-state index is 6.01. The SMILES string of the molecule is CNCC#Cc1cc(N2C3CCC2CC3)ccc1N. The number of hydrogen-bond donors (Lipinski definition) is 2. The summed E-state index contributed by atoms with van der Waals surface area (Å²) in [5.74, 6) is 6.25. The van der Waals surface area contributed by atoms with Crippen LogP contribution in [0.25, 0.3) is 0 Å². The number of nitrogens with two attached hydrogens (primary N) is 1. The molecule has 1 aromatic carbocycles. The van der Waals surface area contributed by atoms with Crippen LogP contribution in [0.2, 0.25) is 0 Å². The maximum absolute atomic E-state index is 6.01. The highest BCUT2D eigenvalue weighted by molar-refractivity contribution is 5.65. The fraction of sp³-hybridized carbons (Fsp3) is 0.500. The smallest absolute Gasteiger partial charge is 0.0577 e. The van der Waals surface area contributed by atoms with Gasteiger partial charge in [0.2, 0.25) is 0 Å². The fourth-order valence-electron chi connectivity index (χ4n) is 3.38. The Labute approximate surface area is 115 Å². The molecule has 0 radical (unpaired) electrons. The van der Waals surface area contributed by atoms with Crippen LogP contribution in [0.4, 0.5) is 11.4 Å². The van der Waals surface area contributed by atoms with Crippen LogP contribution in [0.5, 0.6) is 0 Å². The molecular formula is C16H21N3. The van der Waals surface area contributed by atoms with E-state index in [2.05, 4.69) is 34.2 Å². The quantitative estimate of drug-likeness (QED) is 0.627. The summed E-state index contributed by atoms with van der Waals surface area (Å²) in [7, 11) is 1.90. The first-order valence-corrected chi connectivity index (χ1v) is 7.11. The molecule has 0 saturated carbocycles. The van der Waals surface area contributed by atoms with E-state index in [1.165, 1.54) is 31.4 Å². The van der Waals surface area contributed by atoms with Gasteiger partial charge in [-0.25, -0.2) is 0 Å². The molecule has 0 atom stereocenters. The minimum absolute atomic E-state index is 0.693. The van der Waals surface area contributed by atoms with Crippen LogP contribution < -0.4 is 16.0 Å². The molecule has 3 N–H and O–H groups in total. The Morgan fingerprint density at radius 2 is 1.95 bits per heavy atom. The highest BCUT2D eigenvalue weighted by Gasteiger charge is 2.39. The fourth-order valence-corrected chi connectivity index (χ4v) is 3.38. The van der Waals surface area contributed by atoms with Crippen molar-refractivity contribution >= 4 is 11.4 Å². The van der Waals surface area contributed by atoms with Crippen LogP contribution in [0.3, 0.4) is 0 Å². The Hall–Kier alpha value is -1.66. The highest BCUT2D eigenvalue weighted by atomic mass is 15.2. The van der Waals surface area contributed by atoms with Gasteiger partial charge in [0.15, 0.2) is 0 Å². The number of rotatable bonds is 2. The second kappa shape index (κ2) is 5.14. The van der Waals surface area contributed by atoms with Gasteiger partial charge in [0.05, 0.1) is 6.54 Å². The molecule has 2 bridgehead atoms. The minimum Gasteiger partial charge on any atom is -0.398 e. The summed E-state index contributed by atoms with van der Waals surface area (Å²) in [5.41, 5.74) is 9.05. The Morgan fingerprint density at radius 1 is 1.26 bits per heavy atom. The predicted octanol–water partition coefficient (Wildman–Crippen LogP) is 1.97. The average molecular weight is 255 g/mol. The van der Waals surface area contributed by atoms with Crippen LogP contribution in [0, 0.1) is 11.8 Å². The molecule has 2 fully saturated rings. The Balaban J connectivity index is 1.88. The number of nitrogens with one attached hydrogen (secondary N) is 1. The van der Waals surface area contributed by atoms with Gasteiger partial charge >= 0.3 is 0 Å². The van der Waals surface area contributed by atoms with Crippen molar-refractivity contribution in [1.29, 1.82) is 0 Å².